The maximum Gasteiger partial charge on any atom is 0.123 e. The second-order valence-electron chi connectivity index (χ2n) is 5.86. The summed E-state index contributed by atoms with van der Waals surface area (Å²) in [5.41, 5.74) is 6.68. The number of aryl methyl sites for hydroxylation is 2. The maximum absolute atomic E-state index is 6.16. The fraction of sp³-hybridized carbons (Fsp3) is 0.368. The van der Waals surface area contributed by atoms with Crippen LogP contribution in [0.3, 0.4) is 0 Å². The van der Waals surface area contributed by atoms with E-state index in [4.69, 9.17) is 4.74 Å². The third-order valence-electron chi connectivity index (χ3n) is 4.59. The van der Waals surface area contributed by atoms with Gasteiger partial charge in [0.25, 0.3) is 0 Å². The van der Waals surface area contributed by atoms with Crippen LogP contribution in [0.5, 0.6) is 5.75 Å². The molecular weight excluding hydrogens is 258 g/mol. The van der Waals surface area contributed by atoms with Gasteiger partial charge in [0, 0.05) is 6.04 Å². The second kappa shape index (κ2) is 5.90. The highest BCUT2D eigenvalue weighted by molar-refractivity contribution is 5.45. The molecule has 3 rings (SSSR count). The lowest BCUT2D eigenvalue weighted by Gasteiger charge is -2.15. The molecule has 0 spiro atoms. The molecule has 21 heavy (non-hydrogen) atoms. The van der Waals surface area contributed by atoms with E-state index in [0.29, 0.717) is 12.6 Å². The first-order chi connectivity index (χ1) is 10.2. The molecule has 2 nitrogen and oxygen atoms in total. The summed E-state index contributed by atoms with van der Waals surface area (Å²) in [4.78, 5) is 0. The van der Waals surface area contributed by atoms with Crippen LogP contribution in [-0.2, 0) is 13.0 Å². The van der Waals surface area contributed by atoms with Crippen molar-refractivity contribution >= 4 is 0 Å². The summed E-state index contributed by atoms with van der Waals surface area (Å²) in [6, 6.07) is 13.3. The van der Waals surface area contributed by atoms with Crippen LogP contribution in [0.25, 0.3) is 0 Å². The van der Waals surface area contributed by atoms with Crippen LogP contribution in [0.1, 0.15) is 40.3 Å². The molecule has 1 N–H and O–H groups in total. The fourth-order valence-corrected chi connectivity index (χ4v) is 3.28. The van der Waals surface area contributed by atoms with E-state index in [2.05, 4.69) is 55.6 Å². The van der Waals surface area contributed by atoms with Crippen LogP contribution in [-0.4, -0.2) is 7.05 Å². The summed E-state index contributed by atoms with van der Waals surface area (Å²) in [5, 5.41) is 3.38. The fourth-order valence-electron chi connectivity index (χ4n) is 3.28. The Kier molecular flexibility index (Phi) is 3.98. The van der Waals surface area contributed by atoms with Gasteiger partial charge in [0.15, 0.2) is 0 Å². The topological polar surface area (TPSA) is 21.3 Å². The maximum atomic E-state index is 6.16. The third-order valence-corrected chi connectivity index (χ3v) is 4.59. The van der Waals surface area contributed by atoms with Gasteiger partial charge in [0.05, 0.1) is 0 Å². The molecule has 0 saturated carbocycles. The van der Waals surface area contributed by atoms with Gasteiger partial charge in [0.2, 0.25) is 0 Å². The minimum absolute atomic E-state index is 0.476. The van der Waals surface area contributed by atoms with Gasteiger partial charge in [-0.25, -0.2) is 0 Å². The summed E-state index contributed by atoms with van der Waals surface area (Å²) in [5.74, 6) is 1.05. The van der Waals surface area contributed by atoms with Gasteiger partial charge in [-0.15, -0.1) is 0 Å². The lowest BCUT2D eigenvalue weighted by molar-refractivity contribution is 0.301. The van der Waals surface area contributed by atoms with Gasteiger partial charge in [-0.2, -0.15) is 0 Å². The zero-order valence-electron chi connectivity index (χ0n) is 13.1. The highest BCUT2D eigenvalue weighted by atomic mass is 16.5. The number of fused-ring (bicyclic) bond motifs is 1. The average Bonchev–Trinajstić information content (AvgIpc) is 2.90. The first kappa shape index (κ1) is 14.2. The molecule has 0 radical (unpaired) electrons. The van der Waals surface area contributed by atoms with Gasteiger partial charge in [-0.3, -0.25) is 0 Å². The molecule has 1 atom stereocenters. The number of rotatable bonds is 4. The van der Waals surface area contributed by atoms with E-state index >= 15 is 0 Å². The van der Waals surface area contributed by atoms with E-state index in [1.165, 1.54) is 27.8 Å². The Morgan fingerprint density at radius 2 is 1.81 bits per heavy atom. The van der Waals surface area contributed by atoms with Gasteiger partial charge in [0.1, 0.15) is 12.4 Å². The average molecular weight is 281 g/mol. The molecule has 0 bridgehead atoms. The number of hydrogen-bond donors (Lipinski definition) is 1. The van der Waals surface area contributed by atoms with E-state index < -0.39 is 0 Å². The van der Waals surface area contributed by atoms with E-state index in [-0.39, 0.29) is 0 Å². The van der Waals surface area contributed by atoms with Gasteiger partial charge < -0.3 is 10.1 Å². The second-order valence-corrected chi connectivity index (χ2v) is 5.86. The lowest BCUT2D eigenvalue weighted by atomic mass is 10.0. The molecule has 0 heterocycles. The van der Waals surface area contributed by atoms with Crippen LogP contribution < -0.4 is 10.1 Å². The molecule has 0 fully saturated rings. The SMILES string of the molecule is CNC1CCc2c(OCc3c(C)cccc3C)cccc21. The Morgan fingerprint density at radius 1 is 1.10 bits per heavy atom. The predicted molar refractivity (Wildman–Crippen MR) is 86.8 cm³/mol. The van der Waals surface area contributed by atoms with Crippen molar-refractivity contribution in [3.8, 4) is 5.75 Å². The summed E-state index contributed by atoms with van der Waals surface area (Å²) in [7, 11) is 2.03. The van der Waals surface area contributed by atoms with Gasteiger partial charge in [-0.1, -0.05) is 30.3 Å². The van der Waals surface area contributed by atoms with E-state index in [9.17, 15) is 0 Å². The summed E-state index contributed by atoms with van der Waals surface area (Å²) in [6.45, 7) is 4.95. The standard InChI is InChI=1S/C19H23NO/c1-13-6-4-7-14(2)17(13)12-21-19-9-5-8-15-16(19)10-11-18(15)20-3/h4-9,18,20H,10-12H2,1-3H3. The van der Waals surface area contributed by atoms with Crippen molar-refractivity contribution in [1.29, 1.82) is 0 Å². The Balaban J connectivity index is 1.82. The van der Waals surface area contributed by atoms with Crippen molar-refractivity contribution < 1.29 is 4.74 Å². The molecule has 0 amide bonds. The molecule has 0 aromatic heterocycles. The molecule has 2 heteroatoms. The monoisotopic (exact) mass is 281 g/mol. The van der Waals surface area contributed by atoms with Crippen LogP contribution >= 0.6 is 0 Å². The van der Waals surface area contributed by atoms with E-state index in [1.807, 2.05) is 7.05 Å². The molecule has 110 valence electrons. The minimum atomic E-state index is 0.476. The summed E-state index contributed by atoms with van der Waals surface area (Å²) < 4.78 is 6.16. The Morgan fingerprint density at radius 3 is 2.52 bits per heavy atom. The van der Waals surface area contributed by atoms with E-state index in [1.54, 1.807) is 0 Å². The number of ether oxygens (including phenoxy) is 1. The number of nitrogens with one attached hydrogen (secondary N) is 1. The zero-order valence-corrected chi connectivity index (χ0v) is 13.1. The molecule has 0 saturated heterocycles. The first-order valence-corrected chi connectivity index (χ1v) is 7.67. The number of hydrogen-bond acceptors (Lipinski definition) is 2. The van der Waals surface area contributed by atoms with Crippen molar-refractivity contribution in [2.45, 2.75) is 39.3 Å². The van der Waals surface area contributed by atoms with Crippen molar-refractivity contribution in [3.63, 3.8) is 0 Å². The van der Waals surface area contributed by atoms with Crippen molar-refractivity contribution in [2.75, 3.05) is 7.05 Å². The lowest BCUT2D eigenvalue weighted by Crippen LogP contribution is -2.12. The molecule has 0 aliphatic heterocycles. The van der Waals surface area contributed by atoms with Crippen molar-refractivity contribution in [3.05, 3.63) is 64.2 Å². The minimum Gasteiger partial charge on any atom is -0.489 e. The zero-order chi connectivity index (χ0) is 14.8. The molecule has 1 aliphatic rings. The van der Waals surface area contributed by atoms with Crippen LogP contribution in [0.15, 0.2) is 36.4 Å². The van der Waals surface area contributed by atoms with Crippen LogP contribution in [0.4, 0.5) is 0 Å². The molecule has 1 unspecified atom stereocenters. The number of benzene rings is 2. The Bertz CT molecular complexity index is 628. The first-order valence-electron chi connectivity index (χ1n) is 7.67. The largest absolute Gasteiger partial charge is 0.489 e. The molecular formula is C19H23NO. The molecule has 2 aromatic rings. The molecule has 2 aromatic carbocycles. The third kappa shape index (κ3) is 2.68. The summed E-state index contributed by atoms with van der Waals surface area (Å²) in [6.07, 6.45) is 2.26. The van der Waals surface area contributed by atoms with Crippen LogP contribution in [0, 0.1) is 13.8 Å². The van der Waals surface area contributed by atoms with Crippen molar-refractivity contribution in [2.24, 2.45) is 0 Å². The normalized spacial score (nSPS) is 16.8. The van der Waals surface area contributed by atoms with E-state index in [0.717, 1.165) is 18.6 Å². The Labute approximate surface area is 127 Å². The molecule has 1 aliphatic carbocycles. The summed E-state index contributed by atoms with van der Waals surface area (Å²) >= 11 is 0. The highest BCUT2D eigenvalue weighted by Gasteiger charge is 2.23. The highest BCUT2D eigenvalue weighted by Crippen LogP contribution is 2.37. The van der Waals surface area contributed by atoms with Crippen LogP contribution in [0.2, 0.25) is 0 Å². The van der Waals surface area contributed by atoms with Gasteiger partial charge in [-0.05, 0) is 67.6 Å². The Hall–Kier alpha value is -1.80. The smallest absolute Gasteiger partial charge is 0.123 e. The van der Waals surface area contributed by atoms with Crippen molar-refractivity contribution in [1.82, 2.24) is 5.32 Å². The predicted octanol–water partition coefficient (Wildman–Crippen LogP) is 4.09. The quantitative estimate of drug-likeness (QED) is 0.911. The van der Waals surface area contributed by atoms with Gasteiger partial charge >= 0.3 is 0 Å².